The van der Waals surface area contributed by atoms with Gasteiger partial charge in [-0.25, -0.2) is 4.79 Å². The maximum Gasteiger partial charge on any atom is 0.416 e. The molecule has 0 saturated heterocycles. The van der Waals surface area contributed by atoms with Crippen LogP contribution in [0, 0.1) is 0 Å². The van der Waals surface area contributed by atoms with Gasteiger partial charge in [0.25, 0.3) is 0 Å². The van der Waals surface area contributed by atoms with Crippen LogP contribution in [0.1, 0.15) is 6.92 Å². The standard InChI is InChI=1S/C6H10N2O2S/c1-5(8-7)6(9)10-3-4-11-2/h3-4H2,1-2H3. The Morgan fingerprint density at radius 2 is 2.36 bits per heavy atom. The number of rotatable bonds is 4. The molecule has 0 rings (SSSR count). The minimum Gasteiger partial charge on any atom is -0.456 e. The van der Waals surface area contributed by atoms with Crippen molar-refractivity contribution in [1.29, 1.82) is 0 Å². The van der Waals surface area contributed by atoms with Gasteiger partial charge >= 0.3 is 11.7 Å². The Balaban J connectivity index is 3.62. The van der Waals surface area contributed by atoms with Crippen molar-refractivity contribution in [2.75, 3.05) is 18.6 Å². The van der Waals surface area contributed by atoms with E-state index in [1.807, 2.05) is 6.26 Å². The molecule has 62 valence electrons. The molecule has 0 aromatic heterocycles. The topological polar surface area (TPSA) is 62.7 Å². The Hall–Kier alpha value is -0.800. The van der Waals surface area contributed by atoms with Gasteiger partial charge in [0.05, 0.1) is 0 Å². The van der Waals surface area contributed by atoms with Gasteiger partial charge in [-0.15, -0.1) is 0 Å². The second-order valence-electron chi connectivity index (χ2n) is 1.81. The molecule has 0 aliphatic heterocycles. The van der Waals surface area contributed by atoms with E-state index in [4.69, 9.17) is 5.53 Å². The molecule has 0 atom stereocenters. The molecule has 0 aliphatic carbocycles. The lowest BCUT2D eigenvalue weighted by atomic mass is 10.4. The SMILES string of the molecule is CSCCOC(=O)C(C)=[N+]=[N-]. The van der Waals surface area contributed by atoms with Crippen LogP contribution in [-0.2, 0) is 9.53 Å². The van der Waals surface area contributed by atoms with Crippen molar-refractivity contribution in [3.8, 4) is 0 Å². The summed E-state index contributed by atoms with van der Waals surface area (Å²) in [5.41, 5.74) is 8.12. The van der Waals surface area contributed by atoms with Crippen LogP contribution in [0.3, 0.4) is 0 Å². The molecule has 0 heterocycles. The zero-order chi connectivity index (χ0) is 8.69. The van der Waals surface area contributed by atoms with E-state index in [1.54, 1.807) is 11.8 Å². The first-order chi connectivity index (χ1) is 5.22. The lowest BCUT2D eigenvalue weighted by Crippen LogP contribution is -2.16. The summed E-state index contributed by atoms with van der Waals surface area (Å²) in [6.45, 7) is 1.74. The van der Waals surface area contributed by atoms with Crippen molar-refractivity contribution in [3.63, 3.8) is 0 Å². The molecule has 0 amide bonds. The fourth-order valence-corrected chi connectivity index (χ4v) is 0.613. The Labute approximate surface area is 69.5 Å². The molecule has 0 spiro atoms. The summed E-state index contributed by atoms with van der Waals surface area (Å²) >= 11 is 1.58. The molecule has 0 saturated carbocycles. The van der Waals surface area contributed by atoms with Crippen LogP contribution in [0.25, 0.3) is 5.53 Å². The maximum absolute atomic E-state index is 10.7. The van der Waals surface area contributed by atoms with E-state index < -0.39 is 5.97 Å². The highest BCUT2D eigenvalue weighted by Crippen LogP contribution is 1.91. The molecule has 0 radical (unpaired) electrons. The Bertz CT molecular complexity index is 187. The van der Waals surface area contributed by atoms with E-state index in [0.29, 0.717) is 6.61 Å². The van der Waals surface area contributed by atoms with Crippen LogP contribution >= 0.6 is 11.8 Å². The molecular formula is C6H10N2O2S. The number of thioether (sulfide) groups is 1. The molecule has 0 N–H and O–H groups in total. The quantitative estimate of drug-likeness (QED) is 0.206. The zero-order valence-corrected chi connectivity index (χ0v) is 7.35. The Morgan fingerprint density at radius 3 is 2.82 bits per heavy atom. The molecule has 0 fully saturated rings. The highest BCUT2D eigenvalue weighted by molar-refractivity contribution is 7.98. The summed E-state index contributed by atoms with van der Waals surface area (Å²) in [5, 5.41) is 0. The predicted molar refractivity (Wildman–Crippen MR) is 43.6 cm³/mol. The van der Waals surface area contributed by atoms with Gasteiger partial charge in [0.1, 0.15) is 6.61 Å². The summed E-state index contributed by atoms with van der Waals surface area (Å²) in [6, 6.07) is 0. The zero-order valence-electron chi connectivity index (χ0n) is 6.53. The summed E-state index contributed by atoms with van der Waals surface area (Å²) in [6.07, 6.45) is 1.92. The smallest absolute Gasteiger partial charge is 0.416 e. The van der Waals surface area contributed by atoms with E-state index in [2.05, 4.69) is 9.53 Å². The second kappa shape index (κ2) is 5.95. The molecule has 4 nitrogen and oxygen atoms in total. The molecule has 0 aromatic rings. The van der Waals surface area contributed by atoms with Crippen molar-refractivity contribution in [3.05, 3.63) is 5.53 Å². The molecule has 5 heteroatoms. The van der Waals surface area contributed by atoms with E-state index in [1.165, 1.54) is 6.92 Å². The van der Waals surface area contributed by atoms with Gasteiger partial charge in [-0.1, -0.05) is 0 Å². The lowest BCUT2D eigenvalue weighted by Gasteiger charge is -1.96. The summed E-state index contributed by atoms with van der Waals surface area (Å²) in [7, 11) is 0. The predicted octanol–water partition coefficient (Wildman–Crippen LogP) is 0.583. The van der Waals surface area contributed by atoms with Gasteiger partial charge in [-0.2, -0.15) is 16.6 Å². The van der Waals surface area contributed by atoms with Crippen molar-refractivity contribution >= 4 is 23.4 Å². The average Bonchev–Trinajstić information content (AvgIpc) is 2.03. The number of hydrogen-bond donors (Lipinski definition) is 0. The number of esters is 1. The summed E-state index contributed by atoms with van der Waals surface area (Å²) in [5.74, 6) is 0.186. The van der Waals surface area contributed by atoms with E-state index in [0.717, 1.165) is 5.75 Å². The Kier molecular flexibility index (Phi) is 5.51. The number of hydrogen-bond acceptors (Lipinski definition) is 3. The fraction of sp³-hybridized carbons (Fsp3) is 0.667. The van der Waals surface area contributed by atoms with E-state index >= 15 is 0 Å². The molecule has 11 heavy (non-hydrogen) atoms. The van der Waals surface area contributed by atoms with Crippen molar-refractivity contribution in [2.24, 2.45) is 0 Å². The first-order valence-electron chi connectivity index (χ1n) is 3.07. The fourth-order valence-electron chi connectivity index (χ4n) is 0.363. The first-order valence-corrected chi connectivity index (χ1v) is 4.46. The first kappa shape index (κ1) is 10.2. The molecule has 0 bridgehead atoms. The van der Waals surface area contributed by atoms with Gasteiger partial charge in [0.15, 0.2) is 0 Å². The largest absolute Gasteiger partial charge is 0.456 e. The van der Waals surface area contributed by atoms with Crippen molar-refractivity contribution in [1.82, 2.24) is 0 Å². The molecule has 0 unspecified atom stereocenters. The van der Waals surface area contributed by atoms with Crippen LogP contribution in [0.2, 0.25) is 0 Å². The van der Waals surface area contributed by atoms with Crippen molar-refractivity contribution in [2.45, 2.75) is 6.92 Å². The number of nitrogens with zero attached hydrogens (tertiary/aromatic N) is 2. The van der Waals surface area contributed by atoms with Gasteiger partial charge < -0.3 is 10.3 Å². The van der Waals surface area contributed by atoms with E-state index in [-0.39, 0.29) is 5.71 Å². The second-order valence-corrected chi connectivity index (χ2v) is 2.80. The van der Waals surface area contributed by atoms with Crippen LogP contribution in [0.4, 0.5) is 0 Å². The number of ether oxygens (including phenoxy) is 1. The Morgan fingerprint density at radius 1 is 1.73 bits per heavy atom. The maximum atomic E-state index is 10.7. The van der Waals surface area contributed by atoms with E-state index in [9.17, 15) is 4.79 Å². The third-order valence-electron chi connectivity index (χ3n) is 0.966. The van der Waals surface area contributed by atoms with Crippen molar-refractivity contribution < 1.29 is 14.3 Å². The summed E-state index contributed by atoms with van der Waals surface area (Å²) < 4.78 is 4.68. The minimum absolute atomic E-state index is 0.0221. The highest BCUT2D eigenvalue weighted by Gasteiger charge is 2.13. The monoisotopic (exact) mass is 174 g/mol. The van der Waals surface area contributed by atoms with Gasteiger partial charge in [-0.05, 0) is 6.26 Å². The van der Waals surface area contributed by atoms with Crippen LogP contribution < -0.4 is 0 Å². The number of carbonyl (C=O) groups is 1. The van der Waals surface area contributed by atoms with Gasteiger partial charge in [0.2, 0.25) is 0 Å². The average molecular weight is 174 g/mol. The lowest BCUT2D eigenvalue weighted by molar-refractivity contribution is -0.139. The minimum atomic E-state index is -0.568. The van der Waals surface area contributed by atoms with Crippen LogP contribution in [0.5, 0.6) is 0 Å². The van der Waals surface area contributed by atoms with Gasteiger partial charge in [0, 0.05) is 12.7 Å². The molecule has 0 aliphatic rings. The third kappa shape index (κ3) is 4.58. The number of carbonyl (C=O) groups excluding carboxylic acids is 1. The molecule has 0 aromatic carbocycles. The normalized spacial score (nSPS) is 8.55. The van der Waals surface area contributed by atoms with Gasteiger partial charge in [-0.3, -0.25) is 0 Å². The molecular weight excluding hydrogens is 164 g/mol. The third-order valence-corrected chi connectivity index (χ3v) is 1.54. The van der Waals surface area contributed by atoms with Crippen LogP contribution in [0.15, 0.2) is 0 Å². The summed E-state index contributed by atoms with van der Waals surface area (Å²) in [4.78, 5) is 13.4. The highest BCUT2D eigenvalue weighted by atomic mass is 32.2. The van der Waals surface area contributed by atoms with Crippen LogP contribution in [-0.4, -0.2) is 35.1 Å².